The molecule has 1 saturated carbocycles. The molecule has 1 heterocycles. The van der Waals surface area contributed by atoms with E-state index >= 15 is 0 Å². The average Bonchev–Trinajstić information content (AvgIpc) is 2.83. The normalized spacial score (nSPS) is 18.4. The number of carbonyl (C=O) groups excluding carboxylic acids is 2. The lowest BCUT2D eigenvalue weighted by atomic mass is 9.73. The summed E-state index contributed by atoms with van der Waals surface area (Å²) in [5, 5.41) is 0.585. The molecule has 0 spiro atoms. The third-order valence-electron chi connectivity index (χ3n) is 5.31. The van der Waals surface area contributed by atoms with E-state index in [0.717, 1.165) is 16.9 Å². The molecule has 0 radical (unpaired) electrons. The number of benzene rings is 2. The molecule has 0 saturated heterocycles. The van der Waals surface area contributed by atoms with Crippen molar-refractivity contribution in [3.63, 3.8) is 0 Å². The van der Waals surface area contributed by atoms with E-state index in [0.29, 0.717) is 17.9 Å². The maximum Gasteiger partial charge on any atom is 0.261 e. The number of imide groups is 1. The molecule has 27 heavy (non-hydrogen) atoms. The van der Waals surface area contributed by atoms with Gasteiger partial charge < -0.3 is 0 Å². The van der Waals surface area contributed by atoms with Crippen molar-refractivity contribution in [3.8, 4) is 0 Å². The van der Waals surface area contributed by atoms with Crippen LogP contribution in [0.25, 0.3) is 0 Å². The summed E-state index contributed by atoms with van der Waals surface area (Å²) in [7, 11) is -2.51. The van der Waals surface area contributed by atoms with Gasteiger partial charge in [0, 0.05) is 12.1 Å². The Kier molecular flexibility index (Phi) is 4.14. The number of hydrogen-bond donors (Lipinski definition) is 1. The summed E-state index contributed by atoms with van der Waals surface area (Å²) in [5.41, 5.74) is 0.505. The molecular weight excluding hydrogens is 388 g/mol. The fourth-order valence-electron chi connectivity index (χ4n) is 3.57. The molecule has 8 heteroatoms. The Morgan fingerprint density at radius 3 is 2.22 bits per heavy atom. The van der Waals surface area contributed by atoms with Crippen LogP contribution in [0, 0.1) is 0 Å². The lowest BCUT2D eigenvalue weighted by Crippen LogP contribution is -2.50. The van der Waals surface area contributed by atoms with Gasteiger partial charge in [0.25, 0.3) is 11.8 Å². The summed E-state index contributed by atoms with van der Waals surface area (Å²) < 4.78 is 28.8. The minimum atomic E-state index is -3.88. The summed E-state index contributed by atoms with van der Waals surface area (Å²) in [5.74, 6) is -0.924. The Hall–Kier alpha value is -2.22. The average molecular weight is 405 g/mol. The molecule has 0 unspecified atom stereocenters. The molecule has 140 valence electrons. The number of rotatable bonds is 4. The van der Waals surface area contributed by atoms with Crippen LogP contribution in [0.5, 0.6) is 0 Å². The Balaban J connectivity index is 1.69. The van der Waals surface area contributed by atoms with Crippen LogP contribution in [-0.4, -0.2) is 32.2 Å². The molecule has 1 fully saturated rings. The monoisotopic (exact) mass is 404 g/mol. The van der Waals surface area contributed by atoms with Crippen LogP contribution < -0.4 is 4.72 Å². The van der Waals surface area contributed by atoms with Crippen molar-refractivity contribution < 1.29 is 18.0 Å². The highest BCUT2D eigenvalue weighted by Crippen LogP contribution is 2.42. The lowest BCUT2D eigenvalue weighted by molar-refractivity contribution is 0.0693. The van der Waals surface area contributed by atoms with Crippen molar-refractivity contribution in [3.05, 3.63) is 64.2 Å². The number of carbonyl (C=O) groups is 2. The maximum atomic E-state index is 13.0. The second kappa shape index (κ2) is 6.15. The van der Waals surface area contributed by atoms with Gasteiger partial charge in [0.2, 0.25) is 10.0 Å². The van der Waals surface area contributed by atoms with Crippen molar-refractivity contribution in [1.82, 2.24) is 9.62 Å². The third-order valence-corrected chi connectivity index (χ3v) is 7.09. The molecule has 2 aromatic rings. The summed E-state index contributed by atoms with van der Waals surface area (Å²) in [6.45, 7) is 0. The van der Waals surface area contributed by atoms with Crippen molar-refractivity contribution in [2.24, 2.45) is 0 Å². The number of hydrogen-bond acceptors (Lipinski definition) is 4. The summed E-state index contributed by atoms with van der Waals surface area (Å²) in [6, 6.07) is 11.1. The van der Waals surface area contributed by atoms with Crippen molar-refractivity contribution in [1.29, 1.82) is 0 Å². The van der Waals surface area contributed by atoms with Crippen LogP contribution >= 0.6 is 11.6 Å². The first-order valence-electron chi connectivity index (χ1n) is 8.50. The Morgan fingerprint density at radius 1 is 1.00 bits per heavy atom. The smallest absolute Gasteiger partial charge is 0.261 e. The number of nitrogens with zero attached hydrogens (tertiary/aromatic N) is 1. The van der Waals surface area contributed by atoms with Gasteiger partial charge in [-0.05, 0) is 55.2 Å². The second-order valence-corrected chi connectivity index (χ2v) is 9.04. The molecule has 0 aromatic heterocycles. The molecule has 6 nitrogen and oxygen atoms in total. The highest BCUT2D eigenvalue weighted by Gasteiger charge is 2.43. The zero-order valence-electron chi connectivity index (χ0n) is 14.5. The summed E-state index contributed by atoms with van der Waals surface area (Å²) in [6.07, 6.45) is 2.27. The number of nitrogens with one attached hydrogen (secondary N) is 1. The van der Waals surface area contributed by atoms with Crippen LogP contribution in [0.3, 0.4) is 0 Å². The van der Waals surface area contributed by atoms with E-state index in [1.165, 1.54) is 25.2 Å². The Labute approximate surface area is 162 Å². The molecule has 1 aliphatic carbocycles. The molecule has 2 aromatic carbocycles. The molecule has 1 aliphatic heterocycles. The minimum absolute atomic E-state index is 0.0297. The Morgan fingerprint density at radius 2 is 1.63 bits per heavy atom. The molecule has 0 bridgehead atoms. The maximum absolute atomic E-state index is 13.0. The van der Waals surface area contributed by atoms with E-state index in [2.05, 4.69) is 4.72 Å². The molecule has 2 amide bonds. The van der Waals surface area contributed by atoms with Gasteiger partial charge >= 0.3 is 0 Å². The van der Waals surface area contributed by atoms with E-state index in [9.17, 15) is 18.0 Å². The first-order chi connectivity index (χ1) is 12.7. The predicted octanol–water partition coefficient (Wildman–Crippen LogP) is 2.92. The van der Waals surface area contributed by atoms with E-state index in [1.807, 2.05) is 12.1 Å². The SMILES string of the molecule is CN1C(=O)c2ccc(S(=O)(=O)NC3(c4ccc(Cl)cc4)CCC3)cc2C1=O. The highest BCUT2D eigenvalue weighted by molar-refractivity contribution is 7.89. The number of amides is 2. The summed E-state index contributed by atoms with van der Waals surface area (Å²) >= 11 is 5.94. The van der Waals surface area contributed by atoms with E-state index in [4.69, 9.17) is 11.6 Å². The van der Waals surface area contributed by atoms with E-state index < -0.39 is 27.4 Å². The highest BCUT2D eigenvalue weighted by atomic mass is 35.5. The van der Waals surface area contributed by atoms with Crippen molar-refractivity contribution >= 4 is 33.4 Å². The quantitative estimate of drug-likeness (QED) is 0.794. The molecule has 2 aliphatic rings. The lowest BCUT2D eigenvalue weighted by Gasteiger charge is -2.42. The molecule has 1 N–H and O–H groups in total. The van der Waals surface area contributed by atoms with Gasteiger partial charge in [0.1, 0.15) is 0 Å². The van der Waals surface area contributed by atoms with Gasteiger partial charge in [-0.15, -0.1) is 0 Å². The van der Waals surface area contributed by atoms with Gasteiger partial charge in [-0.25, -0.2) is 13.1 Å². The van der Waals surface area contributed by atoms with Crippen LogP contribution in [0.15, 0.2) is 47.4 Å². The van der Waals surface area contributed by atoms with Gasteiger partial charge in [0.15, 0.2) is 0 Å². The number of fused-ring (bicyclic) bond motifs is 1. The number of halogens is 1. The van der Waals surface area contributed by atoms with Crippen molar-refractivity contribution in [2.45, 2.75) is 29.7 Å². The fourth-order valence-corrected chi connectivity index (χ4v) is 5.17. The Bertz CT molecular complexity index is 1060. The topological polar surface area (TPSA) is 83.6 Å². The first kappa shape index (κ1) is 18.2. The van der Waals surface area contributed by atoms with Crippen LogP contribution in [0.1, 0.15) is 45.5 Å². The van der Waals surface area contributed by atoms with Crippen molar-refractivity contribution in [2.75, 3.05) is 7.05 Å². The van der Waals surface area contributed by atoms with Gasteiger partial charge in [-0.3, -0.25) is 14.5 Å². The standard InChI is InChI=1S/C19H17ClN2O4S/c1-22-17(23)15-8-7-14(11-16(15)18(22)24)27(25,26)21-19(9-2-10-19)12-3-5-13(20)6-4-12/h3-8,11,21H,2,9-10H2,1H3. The van der Waals surface area contributed by atoms with E-state index in [-0.39, 0.29) is 16.0 Å². The third kappa shape index (κ3) is 2.86. The zero-order valence-corrected chi connectivity index (χ0v) is 16.1. The first-order valence-corrected chi connectivity index (χ1v) is 10.4. The molecular formula is C19H17ClN2O4S. The van der Waals surface area contributed by atoms with Gasteiger partial charge in [-0.2, -0.15) is 0 Å². The molecule has 4 rings (SSSR count). The van der Waals surface area contributed by atoms with Gasteiger partial charge in [-0.1, -0.05) is 23.7 Å². The summed E-state index contributed by atoms with van der Waals surface area (Å²) in [4.78, 5) is 25.1. The predicted molar refractivity (Wildman–Crippen MR) is 100 cm³/mol. The minimum Gasteiger partial charge on any atom is -0.277 e. The second-order valence-electron chi connectivity index (χ2n) is 6.92. The fraction of sp³-hybridized carbons (Fsp3) is 0.263. The van der Waals surface area contributed by atoms with Gasteiger partial charge in [0.05, 0.1) is 21.6 Å². The van der Waals surface area contributed by atoms with Crippen LogP contribution in [0.2, 0.25) is 5.02 Å². The largest absolute Gasteiger partial charge is 0.277 e. The van der Waals surface area contributed by atoms with E-state index in [1.54, 1.807) is 12.1 Å². The number of sulfonamides is 1. The molecule has 0 atom stereocenters. The van der Waals surface area contributed by atoms with Crippen LogP contribution in [0.4, 0.5) is 0 Å². The van der Waals surface area contributed by atoms with Crippen LogP contribution in [-0.2, 0) is 15.6 Å². The zero-order chi connectivity index (χ0) is 19.4.